The second kappa shape index (κ2) is 3.57. The number of ketones is 1. The fourth-order valence-corrected chi connectivity index (χ4v) is 1.16. The Labute approximate surface area is 72.6 Å². The van der Waals surface area contributed by atoms with Crippen molar-refractivity contribution >= 4 is 5.78 Å². The Kier molecular flexibility index (Phi) is 2.69. The van der Waals surface area contributed by atoms with E-state index in [1.54, 1.807) is 0 Å². The van der Waals surface area contributed by atoms with E-state index in [1.165, 1.54) is 0 Å². The molecule has 0 unspecified atom stereocenters. The summed E-state index contributed by atoms with van der Waals surface area (Å²) < 4.78 is 5.37. The van der Waals surface area contributed by atoms with Crippen molar-refractivity contribution in [3.05, 3.63) is 23.2 Å². The van der Waals surface area contributed by atoms with Crippen LogP contribution in [-0.2, 0) is 6.42 Å². The molecule has 0 aliphatic carbocycles. The SMILES string of the molecule is CCC(=O)c1oc(CC)cc1C. The maximum atomic E-state index is 11.3. The van der Waals surface area contributed by atoms with E-state index in [4.69, 9.17) is 4.42 Å². The van der Waals surface area contributed by atoms with E-state index in [2.05, 4.69) is 0 Å². The molecule has 0 aromatic carbocycles. The number of carbonyl (C=O) groups excluding carboxylic acids is 1. The van der Waals surface area contributed by atoms with Crippen molar-refractivity contribution in [2.24, 2.45) is 0 Å². The van der Waals surface area contributed by atoms with Crippen molar-refractivity contribution < 1.29 is 9.21 Å². The van der Waals surface area contributed by atoms with Gasteiger partial charge in [0.15, 0.2) is 11.5 Å². The Hall–Kier alpha value is -1.05. The largest absolute Gasteiger partial charge is 0.458 e. The highest BCUT2D eigenvalue weighted by Gasteiger charge is 2.12. The second-order valence-electron chi connectivity index (χ2n) is 2.86. The van der Waals surface area contributed by atoms with E-state index >= 15 is 0 Å². The van der Waals surface area contributed by atoms with Crippen LogP contribution in [0.3, 0.4) is 0 Å². The molecule has 2 heteroatoms. The molecule has 1 heterocycles. The molecule has 2 nitrogen and oxygen atoms in total. The van der Waals surface area contributed by atoms with E-state index in [9.17, 15) is 4.79 Å². The third kappa shape index (κ3) is 1.58. The fraction of sp³-hybridized carbons (Fsp3) is 0.500. The number of hydrogen-bond donors (Lipinski definition) is 0. The summed E-state index contributed by atoms with van der Waals surface area (Å²) in [6.45, 7) is 5.76. The first-order chi connectivity index (χ1) is 5.69. The van der Waals surface area contributed by atoms with Crippen LogP contribution < -0.4 is 0 Å². The molecular formula is C10H14O2. The van der Waals surface area contributed by atoms with Gasteiger partial charge >= 0.3 is 0 Å². The van der Waals surface area contributed by atoms with Gasteiger partial charge in [0.25, 0.3) is 0 Å². The maximum absolute atomic E-state index is 11.3. The minimum atomic E-state index is 0.0900. The van der Waals surface area contributed by atoms with Gasteiger partial charge in [-0.15, -0.1) is 0 Å². The maximum Gasteiger partial charge on any atom is 0.197 e. The first-order valence-electron chi connectivity index (χ1n) is 4.31. The van der Waals surface area contributed by atoms with Gasteiger partial charge in [0, 0.05) is 12.8 Å². The highest BCUT2D eigenvalue weighted by molar-refractivity contribution is 5.94. The molecule has 66 valence electrons. The molecule has 0 fully saturated rings. The van der Waals surface area contributed by atoms with Gasteiger partial charge in [0.2, 0.25) is 0 Å². The highest BCUT2D eigenvalue weighted by Crippen LogP contribution is 2.16. The lowest BCUT2D eigenvalue weighted by Gasteiger charge is -1.92. The molecule has 0 atom stereocenters. The molecular weight excluding hydrogens is 152 g/mol. The van der Waals surface area contributed by atoms with Crippen LogP contribution >= 0.6 is 0 Å². The topological polar surface area (TPSA) is 30.2 Å². The Balaban J connectivity index is 2.99. The lowest BCUT2D eigenvalue weighted by atomic mass is 10.2. The number of rotatable bonds is 3. The molecule has 1 aromatic heterocycles. The first kappa shape index (κ1) is 9.04. The zero-order chi connectivity index (χ0) is 9.14. The van der Waals surface area contributed by atoms with Gasteiger partial charge in [-0.3, -0.25) is 4.79 Å². The van der Waals surface area contributed by atoms with Crippen LogP contribution in [0.25, 0.3) is 0 Å². The summed E-state index contributed by atoms with van der Waals surface area (Å²) in [5, 5.41) is 0. The van der Waals surface area contributed by atoms with Crippen LogP contribution in [0.15, 0.2) is 10.5 Å². The minimum Gasteiger partial charge on any atom is -0.458 e. The van der Waals surface area contributed by atoms with E-state index in [1.807, 2.05) is 26.8 Å². The Bertz CT molecular complexity index is 284. The van der Waals surface area contributed by atoms with Gasteiger partial charge < -0.3 is 4.42 Å². The van der Waals surface area contributed by atoms with Crippen molar-refractivity contribution in [2.75, 3.05) is 0 Å². The second-order valence-corrected chi connectivity index (χ2v) is 2.86. The molecule has 0 radical (unpaired) electrons. The van der Waals surface area contributed by atoms with Crippen LogP contribution in [0, 0.1) is 6.92 Å². The van der Waals surface area contributed by atoms with Gasteiger partial charge in [-0.2, -0.15) is 0 Å². The lowest BCUT2D eigenvalue weighted by molar-refractivity contribution is 0.0959. The normalized spacial score (nSPS) is 10.2. The zero-order valence-electron chi connectivity index (χ0n) is 7.81. The van der Waals surface area contributed by atoms with Crippen molar-refractivity contribution in [1.29, 1.82) is 0 Å². The average molecular weight is 166 g/mol. The molecule has 0 aliphatic heterocycles. The third-order valence-electron chi connectivity index (χ3n) is 1.89. The van der Waals surface area contributed by atoms with E-state index in [0.29, 0.717) is 12.2 Å². The van der Waals surface area contributed by atoms with Crippen LogP contribution in [-0.4, -0.2) is 5.78 Å². The predicted octanol–water partition coefficient (Wildman–Crippen LogP) is 2.74. The van der Waals surface area contributed by atoms with Crippen molar-refractivity contribution in [3.8, 4) is 0 Å². The van der Waals surface area contributed by atoms with Crippen LogP contribution in [0.4, 0.5) is 0 Å². The Morgan fingerprint density at radius 1 is 1.50 bits per heavy atom. The molecule has 0 aliphatic rings. The van der Waals surface area contributed by atoms with Crippen molar-refractivity contribution in [3.63, 3.8) is 0 Å². The number of furan rings is 1. The van der Waals surface area contributed by atoms with Gasteiger partial charge in [-0.05, 0) is 18.6 Å². The quantitative estimate of drug-likeness (QED) is 0.646. The highest BCUT2D eigenvalue weighted by atomic mass is 16.3. The summed E-state index contributed by atoms with van der Waals surface area (Å²) in [6.07, 6.45) is 1.36. The van der Waals surface area contributed by atoms with Crippen molar-refractivity contribution in [1.82, 2.24) is 0 Å². The summed E-state index contributed by atoms with van der Waals surface area (Å²) in [4.78, 5) is 11.3. The zero-order valence-corrected chi connectivity index (χ0v) is 7.81. The van der Waals surface area contributed by atoms with E-state index < -0.39 is 0 Å². The molecule has 0 spiro atoms. The summed E-state index contributed by atoms with van der Waals surface area (Å²) in [7, 11) is 0. The summed E-state index contributed by atoms with van der Waals surface area (Å²) in [6, 6.07) is 1.93. The van der Waals surface area contributed by atoms with Gasteiger partial charge in [0.05, 0.1) is 0 Å². The number of aryl methyl sites for hydroxylation is 2. The standard InChI is InChI=1S/C10H14O2/c1-4-8-6-7(3)10(12-8)9(11)5-2/h6H,4-5H2,1-3H3. The predicted molar refractivity (Wildman–Crippen MR) is 47.4 cm³/mol. The summed E-state index contributed by atoms with van der Waals surface area (Å²) in [5.74, 6) is 1.52. The van der Waals surface area contributed by atoms with E-state index in [0.717, 1.165) is 17.7 Å². The molecule has 1 aromatic rings. The van der Waals surface area contributed by atoms with Crippen LogP contribution in [0.5, 0.6) is 0 Å². The van der Waals surface area contributed by atoms with Crippen LogP contribution in [0.2, 0.25) is 0 Å². The Morgan fingerprint density at radius 2 is 2.17 bits per heavy atom. The Morgan fingerprint density at radius 3 is 2.58 bits per heavy atom. The third-order valence-corrected chi connectivity index (χ3v) is 1.89. The monoisotopic (exact) mass is 166 g/mol. The molecule has 0 bridgehead atoms. The lowest BCUT2D eigenvalue weighted by Crippen LogP contribution is -1.95. The molecule has 0 saturated carbocycles. The summed E-state index contributed by atoms with van der Waals surface area (Å²) >= 11 is 0. The molecule has 12 heavy (non-hydrogen) atoms. The molecule has 0 N–H and O–H groups in total. The molecule has 0 saturated heterocycles. The first-order valence-corrected chi connectivity index (χ1v) is 4.31. The van der Waals surface area contributed by atoms with Crippen LogP contribution in [0.1, 0.15) is 42.1 Å². The molecule has 0 amide bonds. The number of hydrogen-bond acceptors (Lipinski definition) is 2. The fourth-order valence-electron chi connectivity index (χ4n) is 1.16. The average Bonchev–Trinajstić information content (AvgIpc) is 2.45. The van der Waals surface area contributed by atoms with E-state index in [-0.39, 0.29) is 5.78 Å². The summed E-state index contributed by atoms with van der Waals surface area (Å²) in [5.41, 5.74) is 0.957. The number of Topliss-reactive ketones (excluding diaryl/α,β-unsaturated/α-hetero) is 1. The van der Waals surface area contributed by atoms with Crippen molar-refractivity contribution in [2.45, 2.75) is 33.6 Å². The number of carbonyl (C=O) groups is 1. The minimum absolute atomic E-state index is 0.0900. The van der Waals surface area contributed by atoms with Gasteiger partial charge in [-0.1, -0.05) is 13.8 Å². The smallest absolute Gasteiger partial charge is 0.197 e. The van der Waals surface area contributed by atoms with Gasteiger partial charge in [-0.25, -0.2) is 0 Å². The molecule has 1 rings (SSSR count). The van der Waals surface area contributed by atoms with Gasteiger partial charge in [0.1, 0.15) is 5.76 Å².